The summed E-state index contributed by atoms with van der Waals surface area (Å²) in [6, 6.07) is 3.86. The molecule has 0 atom stereocenters. The van der Waals surface area contributed by atoms with Gasteiger partial charge in [0, 0.05) is 12.2 Å². The Hall–Kier alpha value is -1.25. The van der Waals surface area contributed by atoms with Crippen molar-refractivity contribution in [3.8, 4) is 0 Å². The van der Waals surface area contributed by atoms with Gasteiger partial charge < -0.3 is 11.1 Å². The highest BCUT2D eigenvalue weighted by Crippen LogP contribution is 2.15. The SMILES string of the molecule is CCCCCCCCCCNc1nc(C)ccc1N. The van der Waals surface area contributed by atoms with E-state index >= 15 is 0 Å². The van der Waals surface area contributed by atoms with Crippen LogP contribution in [-0.4, -0.2) is 11.5 Å². The molecule has 0 saturated carbocycles. The molecule has 1 aromatic rings. The van der Waals surface area contributed by atoms with Gasteiger partial charge in [0.05, 0.1) is 5.69 Å². The van der Waals surface area contributed by atoms with Crippen molar-refractivity contribution in [2.45, 2.75) is 65.2 Å². The Morgan fingerprint density at radius 3 is 2.32 bits per heavy atom. The number of hydrogen-bond acceptors (Lipinski definition) is 3. The van der Waals surface area contributed by atoms with Crippen molar-refractivity contribution in [3.63, 3.8) is 0 Å². The molecule has 0 amide bonds. The van der Waals surface area contributed by atoms with Gasteiger partial charge in [-0.15, -0.1) is 0 Å². The van der Waals surface area contributed by atoms with E-state index in [4.69, 9.17) is 5.73 Å². The summed E-state index contributed by atoms with van der Waals surface area (Å²) in [5.41, 5.74) is 7.62. The predicted octanol–water partition coefficient (Wildman–Crippen LogP) is 4.52. The van der Waals surface area contributed by atoms with E-state index in [9.17, 15) is 0 Å². The van der Waals surface area contributed by atoms with Crippen molar-refractivity contribution >= 4 is 11.5 Å². The Morgan fingerprint density at radius 1 is 1.00 bits per heavy atom. The van der Waals surface area contributed by atoms with Crippen molar-refractivity contribution in [1.29, 1.82) is 0 Å². The first kappa shape index (κ1) is 15.8. The fourth-order valence-corrected chi connectivity index (χ4v) is 2.17. The minimum Gasteiger partial charge on any atom is -0.396 e. The molecule has 0 saturated heterocycles. The summed E-state index contributed by atoms with van der Waals surface area (Å²) < 4.78 is 0. The molecule has 0 aliphatic rings. The van der Waals surface area contributed by atoms with Crippen LogP contribution in [0.25, 0.3) is 0 Å². The van der Waals surface area contributed by atoms with Crippen LogP contribution in [0.2, 0.25) is 0 Å². The van der Waals surface area contributed by atoms with Gasteiger partial charge >= 0.3 is 0 Å². The van der Waals surface area contributed by atoms with Crippen molar-refractivity contribution in [2.75, 3.05) is 17.6 Å². The molecule has 0 spiro atoms. The number of nitrogens with two attached hydrogens (primary N) is 1. The molecule has 0 unspecified atom stereocenters. The number of aromatic nitrogens is 1. The van der Waals surface area contributed by atoms with Crippen LogP contribution in [0.5, 0.6) is 0 Å². The first-order valence-corrected chi connectivity index (χ1v) is 7.71. The second kappa shape index (κ2) is 9.65. The van der Waals surface area contributed by atoms with Gasteiger partial charge in [0.25, 0.3) is 0 Å². The molecule has 1 rings (SSSR count). The monoisotopic (exact) mass is 263 g/mol. The molecule has 3 heteroatoms. The van der Waals surface area contributed by atoms with Crippen LogP contribution in [0, 0.1) is 6.92 Å². The minimum absolute atomic E-state index is 0.741. The highest BCUT2D eigenvalue weighted by molar-refractivity contribution is 5.61. The van der Waals surface area contributed by atoms with Crippen LogP contribution in [-0.2, 0) is 0 Å². The fourth-order valence-electron chi connectivity index (χ4n) is 2.17. The summed E-state index contributed by atoms with van der Waals surface area (Å²) in [5.74, 6) is 0.836. The summed E-state index contributed by atoms with van der Waals surface area (Å²) in [6.07, 6.45) is 10.7. The van der Waals surface area contributed by atoms with Crippen LogP contribution >= 0.6 is 0 Å². The maximum absolute atomic E-state index is 5.87. The fraction of sp³-hybridized carbons (Fsp3) is 0.688. The summed E-state index contributed by atoms with van der Waals surface area (Å²) in [5, 5.41) is 3.33. The van der Waals surface area contributed by atoms with Crippen molar-refractivity contribution in [2.24, 2.45) is 0 Å². The van der Waals surface area contributed by atoms with E-state index in [-0.39, 0.29) is 0 Å². The second-order valence-corrected chi connectivity index (χ2v) is 5.29. The first-order valence-electron chi connectivity index (χ1n) is 7.71. The maximum atomic E-state index is 5.87. The number of rotatable bonds is 10. The molecule has 0 aliphatic heterocycles. The smallest absolute Gasteiger partial charge is 0.149 e. The van der Waals surface area contributed by atoms with Crippen LogP contribution in [0.3, 0.4) is 0 Å². The summed E-state index contributed by atoms with van der Waals surface area (Å²) in [7, 11) is 0. The van der Waals surface area contributed by atoms with Gasteiger partial charge in [-0.05, 0) is 25.5 Å². The number of unbranched alkanes of at least 4 members (excludes halogenated alkanes) is 7. The molecule has 108 valence electrons. The number of hydrogen-bond donors (Lipinski definition) is 2. The Kier molecular flexibility index (Phi) is 8.03. The Balaban J connectivity index is 2.03. The molecule has 0 fully saturated rings. The van der Waals surface area contributed by atoms with Crippen LogP contribution in [0.15, 0.2) is 12.1 Å². The standard InChI is InChI=1S/C16H29N3/c1-3-4-5-6-7-8-9-10-13-18-16-15(17)12-11-14(2)19-16/h11-12H,3-10,13,17H2,1-2H3,(H,18,19). The molecule has 0 aliphatic carbocycles. The van der Waals surface area contributed by atoms with E-state index in [2.05, 4.69) is 17.2 Å². The lowest BCUT2D eigenvalue weighted by Crippen LogP contribution is -2.06. The number of anilines is 2. The molecule has 3 N–H and O–H groups in total. The van der Waals surface area contributed by atoms with Crippen molar-refractivity contribution in [3.05, 3.63) is 17.8 Å². The first-order chi connectivity index (χ1) is 9.24. The highest BCUT2D eigenvalue weighted by Gasteiger charge is 1.99. The largest absolute Gasteiger partial charge is 0.396 e. The van der Waals surface area contributed by atoms with Gasteiger partial charge in [-0.25, -0.2) is 4.98 Å². The van der Waals surface area contributed by atoms with Crippen LogP contribution in [0.1, 0.15) is 64.0 Å². The van der Waals surface area contributed by atoms with E-state index in [1.165, 1.54) is 51.4 Å². The van der Waals surface area contributed by atoms with E-state index < -0.39 is 0 Å². The lowest BCUT2D eigenvalue weighted by atomic mass is 10.1. The van der Waals surface area contributed by atoms with Gasteiger partial charge in [0.1, 0.15) is 5.82 Å². The zero-order valence-electron chi connectivity index (χ0n) is 12.5. The summed E-state index contributed by atoms with van der Waals surface area (Å²) in [4.78, 5) is 4.40. The summed E-state index contributed by atoms with van der Waals surface area (Å²) >= 11 is 0. The molecule has 1 aromatic heterocycles. The molecule has 3 nitrogen and oxygen atoms in total. The predicted molar refractivity (Wildman–Crippen MR) is 84.5 cm³/mol. The van der Waals surface area contributed by atoms with Crippen LogP contribution < -0.4 is 11.1 Å². The van der Waals surface area contributed by atoms with Gasteiger partial charge in [-0.1, -0.05) is 51.9 Å². The van der Waals surface area contributed by atoms with Gasteiger partial charge in [0.15, 0.2) is 0 Å². The van der Waals surface area contributed by atoms with E-state index in [0.29, 0.717) is 0 Å². The average molecular weight is 263 g/mol. The van der Waals surface area contributed by atoms with E-state index in [1.807, 2.05) is 19.1 Å². The quantitative estimate of drug-likeness (QED) is 0.610. The molecule has 0 radical (unpaired) electrons. The summed E-state index contributed by atoms with van der Waals surface area (Å²) in [6.45, 7) is 5.22. The Morgan fingerprint density at radius 2 is 1.63 bits per heavy atom. The molecular weight excluding hydrogens is 234 g/mol. The number of nitrogen functional groups attached to an aromatic ring is 1. The number of nitrogens with one attached hydrogen (secondary N) is 1. The molecular formula is C16H29N3. The molecule has 1 heterocycles. The maximum Gasteiger partial charge on any atom is 0.149 e. The zero-order chi connectivity index (χ0) is 13.9. The lowest BCUT2D eigenvalue weighted by molar-refractivity contribution is 0.581. The Labute approximate surface area is 118 Å². The number of aryl methyl sites for hydroxylation is 1. The second-order valence-electron chi connectivity index (χ2n) is 5.29. The third kappa shape index (κ3) is 7.04. The van der Waals surface area contributed by atoms with Gasteiger partial charge in [-0.2, -0.15) is 0 Å². The zero-order valence-corrected chi connectivity index (χ0v) is 12.5. The minimum atomic E-state index is 0.741. The molecule has 0 aromatic carbocycles. The van der Waals surface area contributed by atoms with Crippen molar-refractivity contribution < 1.29 is 0 Å². The van der Waals surface area contributed by atoms with E-state index in [1.54, 1.807) is 0 Å². The topological polar surface area (TPSA) is 50.9 Å². The highest BCUT2D eigenvalue weighted by atomic mass is 15.0. The number of nitrogens with zero attached hydrogens (tertiary/aromatic N) is 1. The lowest BCUT2D eigenvalue weighted by Gasteiger charge is -2.08. The third-order valence-corrected chi connectivity index (χ3v) is 3.39. The average Bonchev–Trinajstić information content (AvgIpc) is 2.40. The van der Waals surface area contributed by atoms with Crippen molar-refractivity contribution in [1.82, 2.24) is 4.98 Å². The molecule has 19 heavy (non-hydrogen) atoms. The third-order valence-electron chi connectivity index (χ3n) is 3.39. The van der Waals surface area contributed by atoms with Gasteiger partial charge in [0.2, 0.25) is 0 Å². The molecule has 0 bridgehead atoms. The Bertz CT molecular complexity index is 350. The number of pyridine rings is 1. The van der Waals surface area contributed by atoms with Crippen LogP contribution in [0.4, 0.5) is 11.5 Å². The van der Waals surface area contributed by atoms with E-state index in [0.717, 1.165) is 23.7 Å². The normalized spacial score (nSPS) is 10.6. The van der Waals surface area contributed by atoms with Gasteiger partial charge in [-0.3, -0.25) is 0 Å².